The first kappa shape index (κ1) is 12.8. The summed E-state index contributed by atoms with van der Waals surface area (Å²) in [5.41, 5.74) is 2.64. The monoisotopic (exact) mass is 290 g/mol. The average Bonchev–Trinajstić information content (AvgIpc) is 3.01. The van der Waals surface area contributed by atoms with Gasteiger partial charge in [-0.2, -0.15) is 0 Å². The van der Waals surface area contributed by atoms with Gasteiger partial charge in [-0.05, 0) is 31.2 Å². The summed E-state index contributed by atoms with van der Waals surface area (Å²) in [5, 5.41) is 0.931. The summed E-state index contributed by atoms with van der Waals surface area (Å²) >= 11 is 0. The number of para-hydroxylation sites is 1. The molecule has 5 nitrogen and oxygen atoms in total. The first-order valence-electron chi connectivity index (χ1n) is 7.21. The molecule has 0 amide bonds. The molecule has 3 heterocycles. The predicted octanol–water partition coefficient (Wildman–Crippen LogP) is 2.76. The van der Waals surface area contributed by atoms with Crippen LogP contribution in [-0.2, 0) is 6.54 Å². The van der Waals surface area contributed by atoms with Gasteiger partial charge in [-0.25, -0.2) is 9.97 Å². The van der Waals surface area contributed by atoms with Crippen LogP contribution in [0.2, 0.25) is 0 Å². The van der Waals surface area contributed by atoms with Crippen molar-refractivity contribution >= 4 is 22.1 Å². The number of aromatic nitrogens is 4. The first-order valence-corrected chi connectivity index (χ1v) is 7.21. The van der Waals surface area contributed by atoms with Crippen molar-refractivity contribution in [2.45, 2.75) is 13.5 Å². The second kappa shape index (κ2) is 4.80. The molecule has 0 fully saturated rings. The summed E-state index contributed by atoms with van der Waals surface area (Å²) in [6.07, 6.45) is 3.42. The summed E-state index contributed by atoms with van der Waals surface area (Å²) in [7, 11) is 0. The van der Waals surface area contributed by atoms with Crippen molar-refractivity contribution < 1.29 is 0 Å². The van der Waals surface area contributed by atoms with Gasteiger partial charge in [0.2, 0.25) is 0 Å². The van der Waals surface area contributed by atoms with Gasteiger partial charge in [0.1, 0.15) is 5.65 Å². The second-order valence-corrected chi connectivity index (χ2v) is 5.08. The standard InChI is InChI=1S/C17H14N4O/c1-2-20-11-19-14-15(20)13-9-6-10-18-16(13)21(17(14)22)12-7-4-3-5-8-12/h3-11H,2H2,1H3. The van der Waals surface area contributed by atoms with Crippen molar-refractivity contribution in [3.63, 3.8) is 0 Å². The molecule has 4 aromatic rings. The Bertz CT molecular complexity index is 1030. The molecule has 4 rings (SSSR count). The number of nitrogens with zero attached hydrogens (tertiary/aromatic N) is 4. The molecule has 1 aromatic carbocycles. The summed E-state index contributed by atoms with van der Waals surface area (Å²) in [4.78, 5) is 21.7. The van der Waals surface area contributed by atoms with Gasteiger partial charge in [-0.1, -0.05) is 18.2 Å². The third-order valence-corrected chi connectivity index (χ3v) is 3.85. The molecule has 22 heavy (non-hydrogen) atoms. The van der Waals surface area contributed by atoms with E-state index in [1.165, 1.54) is 0 Å². The van der Waals surface area contributed by atoms with E-state index in [2.05, 4.69) is 9.97 Å². The summed E-state index contributed by atoms with van der Waals surface area (Å²) in [6.45, 7) is 2.79. The molecule has 5 heteroatoms. The number of imidazole rings is 1. The van der Waals surface area contributed by atoms with Crippen LogP contribution in [0.3, 0.4) is 0 Å². The maximum absolute atomic E-state index is 12.9. The number of hydrogen-bond acceptors (Lipinski definition) is 3. The Labute approximate surface area is 126 Å². The molecule has 0 atom stereocenters. The maximum Gasteiger partial charge on any atom is 0.284 e. The van der Waals surface area contributed by atoms with Crippen LogP contribution < -0.4 is 5.56 Å². The molecular weight excluding hydrogens is 276 g/mol. The molecule has 0 spiro atoms. The number of fused-ring (bicyclic) bond motifs is 3. The van der Waals surface area contributed by atoms with E-state index in [0.29, 0.717) is 11.2 Å². The van der Waals surface area contributed by atoms with Gasteiger partial charge in [-0.3, -0.25) is 9.36 Å². The summed E-state index contributed by atoms with van der Waals surface area (Å²) in [5.74, 6) is 0. The van der Waals surface area contributed by atoms with E-state index < -0.39 is 0 Å². The van der Waals surface area contributed by atoms with E-state index in [9.17, 15) is 4.79 Å². The van der Waals surface area contributed by atoms with E-state index in [1.807, 2.05) is 54.0 Å². The smallest absolute Gasteiger partial charge is 0.284 e. The molecule has 3 aromatic heterocycles. The highest BCUT2D eigenvalue weighted by Gasteiger charge is 2.16. The zero-order valence-corrected chi connectivity index (χ0v) is 12.1. The van der Waals surface area contributed by atoms with Crippen LogP contribution >= 0.6 is 0 Å². The quantitative estimate of drug-likeness (QED) is 0.570. The van der Waals surface area contributed by atoms with Crippen LogP contribution in [0.25, 0.3) is 27.8 Å². The normalized spacial score (nSPS) is 11.3. The third kappa shape index (κ3) is 1.69. The van der Waals surface area contributed by atoms with Gasteiger partial charge in [0.05, 0.1) is 17.5 Å². The van der Waals surface area contributed by atoms with Gasteiger partial charge in [-0.15, -0.1) is 0 Å². The van der Waals surface area contributed by atoms with E-state index in [-0.39, 0.29) is 5.56 Å². The Hall–Kier alpha value is -2.95. The van der Waals surface area contributed by atoms with Crippen LogP contribution in [0, 0.1) is 0 Å². The first-order chi connectivity index (χ1) is 10.8. The van der Waals surface area contributed by atoms with E-state index in [1.54, 1.807) is 17.1 Å². The van der Waals surface area contributed by atoms with Crippen LogP contribution in [-0.4, -0.2) is 19.1 Å². The molecule has 0 N–H and O–H groups in total. The lowest BCUT2D eigenvalue weighted by molar-refractivity contribution is 0.788. The number of rotatable bonds is 2. The Kier molecular flexibility index (Phi) is 2.79. The highest BCUT2D eigenvalue weighted by molar-refractivity contribution is 6.01. The summed E-state index contributed by atoms with van der Waals surface area (Å²) < 4.78 is 3.61. The van der Waals surface area contributed by atoms with Crippen molar-refractivity contribution in [3.8, 4) is 5.69 Å². The highest BCUT2D eigenvalue weighted by atomic mass is 16.1. The Morgan fingerprint density at radius 2 is 1.86 bits per heavy atom. The number of pyridine rings is 2. The molecule has 0 saturated heterocycles. The van der Waals surface area contributed by atoms with Gasteiger partial charge in [0.25, 0.3) is 5.56 Å². The third-order valence-electron chi connectivity index (χ3n) is 3.85. The molecule has 0 radical (unpaired) electrons. The molecule has 108 valence electrons. The molecule has 0 unspecified atom stereocenters. The largest absolute Gasteiger partial charge is 0.330 e. The molecule has 0 aliphatic carbocycles. The molecular formula is C17H14N4O. The van der Waals surface area contributed by atoms with Crippen molar-refractivity contribution in [3.05, 3.63) is 65.3 Å². The van der Waals surface area contributed by atoms with E-state index >= 15 is 0 Å². The molecule has 0 aliphatic rings. The highest BCUT2D eigenvalue weighted by Crippen LogP contribution is 2.22. The van der Waals surface area contributed by atoms with Gasteiger partial charge >= 0.3 is 0 Å². The fraction of sp³-hybridized carbons (Fsp3) is 0.118. The van der Waals surface area contributed by atoms with E-state index in [4.69, 9.17) is 0 Å². The predicted molar refractivity (Wildman–Crippen MR) is 86.3 cm³/mol. The number of benzene rings is 1. The zero-order valence-electron chi connectivity index (χ0n) is 12.1. The van der Waals surface area contributed by atoms with Crippen LogP contribution in [0.1, 0.15) is 6.92 Å². The van der Waals surface area contributed by atoms with Crippen molar-refractivity contribution in [1.82, 2.24) is 19.1 Å². The minimum atomic E-state index is -0.139. The molecule has 0 saturated carbocycles. The van der Waals surface area contributed by atoms with Crippen molar-refractivity contribution in [1.29, 1.82) is 0 Å². The van der Waals surface area contributed by atoms with Crippen LogP contribution in [0.15, 0.2) is 59.8 Å². The lowest BCUT2D eigenvalue weighted by Crippen LogP contribution is -2.20. The zero-order chi connectivity index (χ0) is 15.1. The van der Waals surface area contributed by atoms with Crippen molar-refractivity contribution in [2.24, 2.45) is 0 Å². The van der Waals surface area contributed by atoms with E-state index in [0.717, 1.165) is 23.1 Å². The number of hydrogen-bond donors (Lipinski definition) is 0. The Morgan fingerprint density at radius 3 is 2.64 bits per heavy atom. The fourth-order valence-corrected chi connectivity index (χ4v) is 2.84. The minimum Gasteiger partial charge on any atom is -0.330 e. The topological polar surface area (TPSA) is 52.7 Å². The maximum atomic E-state index is 12.9. The average molecular weight is 290 g/mol. The lowest BCUT2D eigenvalue weighted by atomic mass is 10.2. The molecule has 0 bridgehead atoms. The van der Waals surface area contributed by atoms with Gasteiger partial charge in [0.15, 0.2) is 5.52 Å². The van der Waals surface area contributed by atoms with Crippen LogP contribution in [0.4, 0.5) is 0 Å². The van der Waals surface area contributed by atoms with Gasteiger partial charge in [0, 0.05) is 18.1 Å². The fourth-order valence-electron chi connectivity index (χ4n) is 2.84. The Balaban J connectivity index is 2.26. The van der Waals surface area contributed by atoms with Gasteiger partial charge < -0.3 is 4.57 Å². The minimum absolute atomic E-state index is 0.139. The van der Waals surface area contributed by atoms with Crippen LogP contribution in [0.5, 0.6) is 0 Å². The Morgan fingerprint density at radius 1 is 1.05 bits per heavy atom. The SMILES string of the molecule is CCn1cnc2c(=O)n(-c3ccccc3)c3ncccc3c21. The number of aryl methyl sites for hydroxylation is 1. The molecule has 0 aliphatic heterocycles. The summed E-state index contributed by atoms with van der Waals surface area (Å²) in [6, 6.07) is 13.4. The lowest BCUT2D eigenvalue weighted by Gasteiger charge is -2.11. The second-order valence-electron chi connectivity index (χ2n) is 5.08. The van der Waals surface area contributed by atoms with Crippen molar-refractivity contribution in [2.75, 3.05) is 0 Å².